The Hall–Kier alpha value is -2.22. The molecule has 0 unspecified atom stereocenters. The molecule has 0 radical (unpaired) electrons. The molecule has 0 aromatic heterocycles. The monoisotopic (exact) mass is 476 g/mol. The van der Waals surface area contributed by atoms with Crippen molar-refractivity contribution in [2.75, 3.05) is 0 Å². The molecule has 2 aromatic rings. The van der Waals surface area contributed by atoms with Crippen LogP contribution in [-0.2, 0) is 20.2 Å². The molecule has 0 aliphatic carbocycles. The molecule has 2 rings (SSSR count). The third-order valence-corrected chi connectivity index (χ3v) is 4.46. The Kier molecular flexibility index (Phi) is 10.9. The summed E-state index contributed by atoms with van der Waals surface area (Å²) >= 11 is 0. The van der Waals surface area contributed by atoms with E-state index in [2.05, 4.69) is 0 Å². The van der Waals surface area contributed by atoms with E-state index >= 15 is 0 Å². The van der Waals surface area contributed by atoms with E-state index in [4.69, 9.17) is 19.3 Å². The van der Waals surface area contributed by atoms with Gasteiger partial charge in [0.2, 0.25) is 0 Å². The van der Waals surface area contributed by atoms with Gasteiger partial charge in [0.05, 0.1) is 20.9 Å². The van der Waals surface area contributed by atoms with Gasteiger partial charge in [-0.25, -0.2) is 9.59 Å². The van der Waals surface area contributed by atoms with Crippen molar-refractivity contribution >= 4 is 57.0 Å². The van der Waals surface area contributed by atoms with Crippen molar-refractivity contribution in [3.05, 3.63) is 59.7 Å². The second kappa shape index (κ2) is 10.9. The van der Waals surface area contributed by atoms with Gasteiger partial charge in [0, 0.05) is 0 Å². The Balaban J connectivity index is 0. The quantitative estimate of drug-likeness (QED) is 0.476. The molecule has 10 nitrogen and oxygen atoms in total. The zero-order valence-corrected chi connectivity index (χ0v) is 16.8. The lowest BCUT2D eigenvalue weighted by Gasteiger charge is -1.97. The first-order chi connectivity index (χ1) is 11.8. The van der Waals surface area contributed by atoms with Gasteiger partial charge >= 0.3 is 11.9 Å². The highest BCUT2D eigenvalue weighted by molar-refractivity contribution is 7.86. The van der Waals surface area contributed by atoms with E-state index in [1.165, 1.54) is 24.3 Å². The molecule has 0 bridgehead atoms. The highest BCUT2D eigenvalue weighted by Crippen LogP contribution is 2.11. The van der Waals surface area contributed by atoms with Crippen LogP contribution in [0.25, 0.3) is 0 Å². The van der Waals surface area contributed by atoms with E-state index < -0.39 is 42.0 Å². The lowest BCUT2D eigenvalue weighted by atomic mass is 10.2. The van der Waals surface area contributed by atoms with Gasteiger partial charge < -0.3 is 10.2 Å². The third-order valence-electron chi connectivity index (χ3n) is 2.76. The van der Waals surface area contributed by atoms with Crippen LogP contribution in [0.2, 0.25) is 0 Å². The van der Waals surface area contributed by atoms with E-state index in [-0.39, 0.29) is 35.9 Å². The van der Waals surface area contributed by atoms with Crippen molar-refractivity contribution in [2.24, 2.45) is 0 Å². The van der Waals surface area contributed by atoms with Crippen molar-refractivity contribution in [1.82, 2.24) is 0 Å². The second-order valence-corrected chi connectivity index (χ2v) is 7.46. The SMILES string of the molecule is Cl.Cl.O=C(O)c1cccc(S(=O)(=O)O)c1.O=C(O)c1cccc(S(=O)(=O)O)c1. The van der Waals surface area contributed by atoms with Crippen molar-refractivity contribution < 1.29 is 45.7 Å². The van der Waals surface area contributed by atoms with Crippen LogP contribution in [0, 0.1) is 0 Å². The third kappa shape index (κ3) is 8.65. The number of benzene rings is 2. The number of aromatic carboxylic acids is 2. The van der Waals surface area contributed by atoms with Crippen LogP contribution < -0.4 is 0 Å². The largest absolute Gasteiger partial charge is 0.478 e. The van der Waals surface area contributed by atoms with Gasteiger partial charge in [-0.3, -0.25) is 9.11 Å². The molecule has 0 amide bonds. The molecule has 0 atom stereocenters. The Morgan fingerprint density at radius 2 is 0.929 bits per heavy atom. The van der Waals surface area contributed by atoms with Gasteiger partial charge in [-0.2, -0.15) is 16.8 Å². The van der Waals surface area contributed by atoms with Crippen LogP contribution in [0.3, 0.4) is 0 Å². The van der Waals surface area contributed by atoms with Crippen molar-refractivity contribution in [1.29, 1.82) is 0 Å². The van der Waals surface area contributed by atoms with E-state index in [0.29, 0.717) is 0 Å². The number of rotatable bonds is 4. The van der Waals surface area contributed by atoms with Gasteiger partial charge in [-0.1, -0.05) is 12.1 Å². The number of carboxylic acid groups (broad SMARTS) is 2. The molecule has 156 valence electrons. The minimum absolute atomic E-state index is 0. The molecular weight excluding hydrogens is 463 g/mol. The van der Waals surface area contributed by atoms with Gasteiger partial charge in [0.25, 0.3) is 20.2 Å². The summed E-state index contributed by atoms with van der Waals surface area (Å²) in [4.78, 5) is 20.0. The maximum absolute atomic E-state index is 10.6. The Bertz CT molecular complexity index is 964. The molecule has 14 heteroatoms. The molecule has 4 N–H and O–H groups in total. The van der Waals surface area contributed by atoms with Crippen molar-refractivity contribution in [2.45, 2.75) is 9.79 Å². The normalized spacial score (nSPS) is 10.4. The predicted molar refractivity (Wildman–Crippen MR) is 101 cm³/mol. The summed E-state index contributed by atoms with van der Waals surface area (Å²) in [7, 11) is -8.64. The maximum Gasteiger partial charge on any atom is 0.335 e. The topological polar surface area (TPSA) is 183 Å². The molecule has 0 saturated carbocycles. The average Bonchev–Trinajstić information content (AvgIpc) is 2.54. The Labute approximate surface area is 172 Å². The molecular formula is C14H14Cl2O10S2. The van der Waals surface area contributed by atoms with E-state index in [0.717, 1.165) is 24.3 Å². The highest BCUT2D eigenvalue weighted by atomic mass is 35.5. The molecule has 0 aliphatic heterocycles. The van der Waals surface area contributed by atoms with Crippen molar-refractivity contribution in [3.63, 3.8) is 0 Å². The first kappa shape index (κ1) is 28.0. The minimum atomic E-state index is -4.32. The number of hydrogen-bond acceptors (Lipinski definition) is 6. The fourth-order valence-corrected chi connectivity index (χ4v) is 2.63. The number of halogens is 2. The highest BCUT2D eigenvalue weighted by Gasteiger charge is 2.12. The molecule has 0 saturated heterocycles. The van der Waals surface area contributed by atoms with Gasteiger partial charge in [-0.15, -0.1) is 24.8 Å². The number of hydrogen-bond donors (Lipinski definition) is 4. The smallest absolute Gasteiger partial charge is 0.335 e. The Morgan fingerprint density at radius 3 is 1.14 bits per heavy atom. The van der Waals surface area contributed by atoms with Gasteiger partial charge in [0.15, 0.2) is 0 Å². The van der Waals surface area contributed by atoms with Crippen LogP contribution in [0.4, 0.5) is 0 Å². The average molecular weight is 477 g/mol. The second-order valence-electron chi connectivity index (χ2n) is 4.62. The lowest BCUT2D eigenvalue weighted by Crippen LogP contribution is -2.01. The summed E-state index contributed by atoms with van der Waals surface area (Å²) in [6.07, 6.45) is 0. The number of carboxylic acids is 2. The van der Waals surface area contributed by atoms with Crippen LogP contribution in [0.1, 0.15) is 20.7 Å². The fraction of sp³-hybridized carbons (Fsp3) is 0. The predicted octanol–water partition coefficient (Wildman–Crippen LogP) is 2.11. The van der Waals surface area contributed by atoms with Crippen LogP contribution in [0.5, 0.6) is 0 Å². The molecule has 0 heterocycles. The molecule has 0 fully saturated rings. The van der Waals surface area contributed by atoms with E-state index in [1.807, 2.05) is 0 Å². The summed E-state index contributed by atoms with van der Waals surface area (Å²) in [6.45, 7) is 0. The standard InChI is InChI=1S/2C7H6O5S.2ClH/c2*8-7(9)5-2-1-3-6(4-5)13(10,11)12;;/h2*1-4H,(H,8,9)(H,10,11,12);2*1H. The minimum Gasteiger partial charge on any atom is -0.478 e. The summed E-state index contributed by atoms with van der Waals surface area (Å²) in [6, 6.07) is 8.95. The molecule has 2 aromatic carbocycles. The fourth-order valence-electron chi connectivity index (χ4n) is 1.58. The summed E-state index contributed by atoms with van der Waals surface area (Å²) < 4.78 is 59.4. The van der Waals surface area contributed by atoms with E-state index in [1.54, 1.807) is 0 Å². The summed E-state index contributed by atoms with van der Waals surface area (Å²) in [5, 5.41) is 17.0. The first-order valence-electron chi connectivity index (χ1n) is 6.44. The van der Waals surface area contributed by atoms with Gasteiger partial charge in [-0.05, 0) is 36.4 Å². The molecule has 0 spiro atoms. The van der Waals surface area contributed by atoms with Crippen LogP contribution in [-0.4, -0.2) is 48.1 Å². The zero-order valence-electron chi connectivity index (χ0n) is 13.5. The van der Waals surface area contributed by atoms with Crippen molar-refractivity contribution in [3.8, 4) is 0 Å². The first-order valence-corrected chi connectivity index (χ1v) is 9.32. The van der Waals surface area contributed by atoms with Gasteiger partial charge in [0.1, 0.15) is 0 Å². The summed E-state index contributed by atoms with van der Waals surface area (Å²) in [5.41, 5.74) is -0.370. The molecule has 28 heavy (non-hydrogen) atoms. The van der Waals surface area contributed by atoms with Crippen LogP contribution in [0.15, 0.2) is 58.3 Å². The van der Waals surface area contributed by atoms with E-state index in [9.17, 15) is 26.4 Å². The number of carbonyl (C=O) groups is 2. The Morgan fingerprint density at radius 1 is 0.643 bits per heavy atom. The maximum atomic E-state index is 10.6. The molecule has 0 aliphatic rings. The van der Waals surface area contributed by atoms with Crippen LogP contribution >= 0.6 is 24.8 Å². The lowest BCUT2D eigenvalue weighted by molar-refractivity contribution is 0.0685. The summed E-state index contributed by atoms with van der Waals surface area (Å²) in [5.74, 6) is -2.49. The zero-order chi connectivity index (χ0) is 20.1.